The number of carbonyl (C=O) groups is 1. The number of methoxy groups -OCH3 is 1. The van der Waals surface area contributed by atoms with E-state index in [1.807, 2.05) is 78.2 Å². The van der Waals surface area contributed by atoms with E-state index < -0.39 is 5.92 Å². The summed E-state index contributed by atoms with van der Waals surface area (Å²) in [6, 6.07) is 21.2. The Morgan fingerprint density at radius 1 is 1.06 bits per heavy atom. The van der Waals surface area contributed by atoms with Crippen LogP contribution in [-0.4, -0.2) is 30.8 Å². The van der Waals surface area contributed by atoms with Gasteiger partial charge < -0.3 is 18.8 Å². The summed E-state index contributed by atoms with van der Waals surface area (Å²) in [6.45, 7) is 3.75. The fraction of sp³-hybridized carbons (Fsp3) is 0.231. The number of nitrogens with zero attached hydrogens (tertiary/aromatic N) is 2. The number of hydrogen-bond donors (Lipinski definition) is 0. The molecule has 0 atom stereocenters. The molecule has 6 nitrogen and oxygen atoms in total. The van der Waals surface area contributed by atoms with Crippen LogP contribution in [0.5, 0.6) is 17.2 Å². The summed E-state index contributed by atoms with van der Waals surface area (Å²) >= 11 is 1.48. The molecule has 7 heteroatoms. The van der Waals surface area contributed by atoms with Crippen molar-refractivity contribution in [1.29, 1.82) is 0 Å². The number of benzene rings is 3. The normalized spacial score (nSPS) is 13.5. The van der Waals surface area contributed by atoms with Crippen molar-refractivity contribution in [2.75, 3.05) is 20.3 Å². The minimum Gasteiger partial charge on any atom is -0.497 e. The molecule has 168 valence electrons. The lowest BCUT2D eigenvalue weighted by Gasteiger charge is -2.25. The van der Waals surface area contributed by atoms with Crippen LogP contribution in [0, 0.1) is 0 Å². The van der Waals surface area contributed by atoms with Crippen LogP contribution in [0.4, 0.5) is 0 Å². The molecule has 1 aliphatic rings. The summed E-state index contributed by atoms with van der Waals surface area (Å²) in [6.07, 6.45) is 0. The zero-order valence-electron chi connectivity index (χ0n) is 18.5. The lowest BCUT2D eigenvalue weighted by Crippen LogP contribution is -2.23. The van der Waals surface area contributed by atoms with Gasteiger partial charge in [0.25, 0.3) is 5.91 Å². The third-order valence-corrected chi connectivity index (χ3v) is 6.73. The zero-order valence-corrected chi connectivity index (χ0v) is 19.3. The predicted molar refractivity (Wildman–Crippen MR) is 128 cm³/mol. The van der Waals surface area contributed by atoms with Crippen molar-refractivity contribution in [1.82, 2.24) is 4.57 Å². The van der Waals surface area contributed by atoms with E-state index in [1.165, 1.54) is 11.3 Å². The van der Waals surface area contributed by atoms with Gasteiger partial charge >= 0.3 is 0 Å². The molecule has 2 heterocycles. The van der Waals surface area contributed by atoms with E-state index in [0.29, 0.717) is 36.1 Å². The second-order valence-electron chi connectivity index (χ2n) is 7.63. The Labute approximate surface area is 195 Å². The Bertz CT molecular complexity index is 1340. The lowest BCUT2D eigenvalue weighted by molar-refractivity contribution is -0.118. The van der Waals surface area contributed by atoms with Crippen LogP contribution in [0.3, 0.4) is 0 Å². The number of aromatic nitrogens is 1. The fourth-order valence-electron chi connectivity index (χ4n) is 4.12. The van der Waals surface area contributed by atoms with Crippen LogP contribution in [0.25, 0.3) is 10.2 Å². The molecule has 1 amide bonds. The fourth-order valence-corrected chi connectivity index (χ4v) is 5.21. The monoisotopic (exact) mass is 460 g/mol. The molecule has 1 aromatic heterocycles. The third kappa shape index (κ3) is 4.05. The largest absolute Gasteiger partial charge is 0.497 e. The highest BCUT2D eigenvalue weighted by Crippen LogP contribution is 2.44. The summed E-state index contributed by atoms with van der Waals surface area (Å²) in [7, 11) is 1.65. The van der Waals surface area contributed by atoms with Gasteiger partial charge in [0.05, 0.1) is 29.9 Å². The summed E-state index contributed by atoms with van der Waals surface area (Å²) in [5.41, 5.74) is 2.65. The molecular weight excluding hydrogens is 436 g/mol. The summed E-state index contributed by atoms with van der Waals surface area (Å²) < 4.78 is 20.1. The molecule has 0 fully saturated rings. The quantitative estimate of drug-likeness (QED) is 0.375. The number of carbonyl (C=O) groups excluding carboxylic acids is 1. The number of ether oxygens (including phenoxy) is 3. The SMILES string of the molecule is CCOCCn1c(=NC(=O)C2c3ccccc3Oc3ccccc32)sc2cc(OC)ccc21. The van der Waals surface area contributed by atoms with Crippen LogP contribution in [-0.2, 0) is 16.1 Å². The summed E-state index contributed by atoms with van der Waals surface area (Å²) in [4.78, 5) is 19.0. The van der Waals surface area contributed by atoms with Gasteiger partial charge in [-0.2, -0.15) is 4.99 Å². The molecule has 0 aliphatic carbocycles. The minimum absolute atomic E-state index is 0.220. The maximum atomic E-state index is 13.7. The molecule has 0 N–H and O–H groups in total. The van der Waals surface area contributed by atoms with E-state index in [1.54, 1.807) is 7.11 Å². The topological polar surface area (TPSA) is 62.1 Å². The molecule has 0 bridgehead atoms. The van der Waals surface area contributed by atoms with Gasteiger partial charge in [0, 0.05) is 24.3 Å². The summed E-state index contributed by atoms with van der Waals surface area (Å²) in [5.74, 6) is 1.41. The number of para-hydroxylation sites is 2. The average molecular weight is 461 g/mol. The second-order valence-corrected chi connectivity index (χ2v) is 8.64. The first-order chi connectivity index (χ1) is 16.2. The highest BCUT2D eigenvalue weighted by atomic mass is 32.1. The molecule has 4 aromatic rings. The van der Waals surface area contributed by atoms with Crippen molar-refractivity contribution in [3.63, 3.8) is 0 Å². The van der Waals surface area contributed by atoms with E-state index in [-0.39, 0.29) is 5.91 Å². The van der Waals surface area contributed by atoms with Crippen LogP contribution in [0.2, 0.25) is 0 Å². The van der Waals surface area contributed by atoms with Crippen LogP contribution in [0.15, 0.2) is 71.7 Å². The smallest absolute Gasteiger partial charge is 0.260 e. The molecular formula is C26H24N2O4S. The zero-order chi connectivity index (χ0) is 22.8. The van der Waals surface area contributed by atoms with Crippen LogP contribution >= 0.6 is 11.3 Å². The average Bonchev–Trinajstić information content (AvgIpc) is 3.18. The first kappa shape index (κ1) is 21.4. The Kier molecular flexibility index (Phi) is 5.98. The maximum absolute atomic E-state index is 13.7. The van der Waals surface area contributed by atoms with Gasteiger partial charge in [-0.1, -0.05) is 47.7 Å². The van der Waals surface area contributed by atoms with E-state index in [2.05, 4.69) is 4.99 Å². The van der Waals surface area contributed by atoms with Crippen molar-refractivity contribution in [3.05, 3.63) is 82.7 Å². The molecule has 0 radical (unpaired) electrons. The molecule has 0 unspecified atom stereocenters. The Hall–Kier alpha value is -3.42. The van der Waals surface area contributed by atoms with E-state index in [4.69, 9.17) is 14.2 Å². The highest BCUT2D eigenvalue weighted by molar-refractivity contribution is 7.16. The summed E-state index contributed by atoms with van der Waals surface area (Å²) in [5, 5.41) is 0. The van der Waals surface area contributed by atoms with Crippen molar-refractivity contribution in [2.45, 2.75) is 19.4 Å². The number of hydrogen-bond acceptors (Lipinski definition) is 5. The Balaban J connectivity index is 1.63. The lowest BCUT2D eigenvalue weighted by atomic mass is 9.87. The van der Waals surface area contributed by atoms with Gasteiger partial charge in [0.2, 0.25) is 0 Å². The van der Waals surface area contributed by atoms with Crippen LogP contribution in [0.1, 0.15) is 24.0 Å². The standard InChI is InChI=1S/C26H24N2O4S/c1-3-31-15-14-28-20-13-12-17(30-2)16-23(20)33-26(28)27-25(29)24-18-8-4-6-10-21(18)32-22-11-7-5-9-19(22)24/h4-13,16,24H,3,14-15H2,1-2H3. The van der Waals surface area contributed by atoms with Crippen LogP contribution < -0.4 is 14.3 Å². The van der Waals surface area contributed by atoms with Crippen molar-refractivity contribution < 1.29 is 19.0 Å². The van der Waals surface area contributed by atoms with Gasteiger partial charge in [-0.05, 0) is 37.3 Å². The molecule has 3 aromatic carbocycles. The second kappa shape index (κ2) is 9.21. The molecule has 0 saturated heterocycles. The number of thiazole rings is 1. The number of rotatable bonds is 6. The molecule has 0 saturated carbocycles. The third-order valence-electron chi connectivity index (χ3n) is 5.69. The van der Waals surface area contributed by atoms with Gasteiger partial charge in [-0.15, -0.1) is 0 Å². The van der Waals surface area contributed by atoms with Crippen molar-refractivity contribution in [3.8, 4) is 17.2 Å². The highest BCUT2D eigenvalue weighted by Gasteiger charge is 2.32. The van der Waals surface area contributed by atoms with Gasteiger partial charge in [-0.25, -0.2) is 0 Å². The molecule has 0 spiro atoms. The van der Waals surface area contributed by atoms with Gasteiger partial charge in [0.15, 0.2) is 4.80 Å². The van der Waals surface area contributed by atoms with E-state index in [0.717, 1.165) is 27.1 Å². The number of fused-ring (bicyclic) bond motifs is 3. The minimum atomic E-state index is -0.522. The molecule has 33 heavy (non-hydrogen) atoms. The first-order valence-corrected chi connectivity index (χ1v) is 11.7. The van der Waals surface area contributed by atoms with E-state index >= 15 is 0 Å². The van der Waals surface area contributed by atoms with Crippen molar-refractivity contribution >= 4 is 27.5 Å². The Morgan fingerprint density at radius 3 is 2.42 bits per heavy atom. The van der Waals surface area contributed by atoms with Gasteiger partial charge in [0.1, 0.15) is 17.2 Å². The molecule has 5 rings (SSSR count). The first-order valence-electron chi connectivity index (χ1n) is 10.9. The van der Waals surface area contributed by atoms with Gasteiger partial charge in [-0.3, -0.25) is 4.79 Å². The predicted octanol–water partition coefficient (Wildman–Crippen LogP) is 5.11. The number of amides is 1. The Morgan fingerprint density at radius 2 is 1.76 bits per heavy atom. The van der Waals surface area contributed by atoms with Crippen molar-refractivity contribution in [2.24, 2.45) is 4.99 Å². The van der Waals surface area contributed by atoms with E-state index in [9.17, 15) is 4.79 Å². The molecule has 1 aliphatic heterocycles. The maximum Gasteiger partial charge on any atom is 0.260 e.